The number of fused-ring (bicyclic) bond motifs is 1. The average Bonchev–Trinajstić information content (AvgIpc) is 2.79. The van der Waals surface area contributed by atoms with Crippen molar-refractivity contribution in [3.8, 4) is 0 Å². The highest BCUT2D eigenvalue weighted by Gasteiger charge is 2.19. The minimum atomic E-state index is -0.0539. The lowest BCUT2D eigenvalue weighted by Crippen LogP contribution is -2.17. The van der Waals surface area contributed by atoms with Gasteiger partial charge in [-0.2, -0.15) is 0 Å². The van der Waals surface area contributed by atoms with Gasteiger partial charge >= 0.3 is 0 Å². The van der Waals surface area contributed by atoms with Gasteiger partial charge < -0.3 is 15.1 Å². The first kappa shape index (κ1) is 14.2. The lowest BCUT2D eigenvalue weighted by Gasteiger charge is -2.16. The van der Waals surface area contributed by atoms with E-state index in [0.717, 1.165) is 35.4 Å². The summed E-state index contributed by atoms with van der Waals surface area (Å²) in [6.45, 7) is 0. The van der Waals surface area contributed by atoms with Crippen LogP contribution in [0.5, 0.6) is 0 Å². The summed E-state index contributed by atoms with van der Waals surface area (Å²) in [7, 11) is 1.88. The Morgan fingerprint density at radius 2 is 2.14 bits per heavy atom. The highest BCUT2D eigenvalue weighted by molar-refractivity contribution is 6.28. The number of anilines is 1. The number of furan rings is 1. The van der Waals surface area contributed by atoms with Crippen LogP contribution in [0.25, 0.3) is 0 Å². The fourth-order valence-electron chi connectivity index (χ4n) is 2.73. The molecule has 1 aromatic carbocycles. The third-order valence-electron chi connectivity index (χ3n) is 3.75. The maximum absolute atomic E-state index is 11.6. The molecule has 4 nitrogen and oxygen atoms in total. The summed E-state index contributed by atoms with van der Waals surface area (Å²) in [4.78, 5) is 11.6. The lowest BCUT2D eigenvalue weighted by molar-refractivity contribution is -0.116. The molecule has 0 bridgehead atoms. The van der Waals surface area contributed by atoms with Crippen LogP contribution in [0.15, 0.2) is 34.7 Å². The van der Waals surface area contributed by atoms with Crippen LogP contribution in [0.1, 0.15) is 35.8 Å². The highest BCUT2D eigenvalue weighted by Crippen LogP contribution is 2.30. The molecule has 0 spiro atoms. The monoisotopic (exact) mass is 304 g/mol. The Morgan fingerprint density at radius 3 is 2.86 bits per heavy atom. The minimum Gasteiger partial charge on any atom is -0.448 e. The lowest BCUT2D eigenvalue weighted by atomic mass is 9.99. The van der Waals surface area contributed by atoms with E-state index in [-0.39, 0.29) is 11.9 Å². The molecular formula is C16H17ClN2O2. The summed E-state index contributed by atoms with van der Waals surface area (Å²) >= 11 is 5.86. The molecule has 2 aromatic rings. The third kappa shape index (κ3) is 2.96. The van der Waals surface area contributed by atoms with Gasteiger partial charge in [0.05, 0.1) is 6.04 Å². The first-order valence-electron chi connectivity index (χ1n) is 7.02. The summed E-state index contributed by atoms with van der Waals surface area (Å²) in [6.07, 6.45) is 2.35. The van der Waals surface area contributed by atoms with Crippen molar-refractivity contribution in [3.05, 3.63) is 52.4 Å². The van der Waals surface area contributed by atoms with E-state index in [9.17, 15) is 4.79 Å². The molecule has 3 rings (SSSR count). The SMILES string of the molecule is CNC(c1ccc2c(c1)CCCC(=O)N2)c1ccc(Cl)o1. The van der Waals surface area contributed by atoms with Crippen molar-refractivity contribution in [3.63, 3.8) is 0 Å². The van der Waals surface area contributed by atoms with Gasteiger partial charge in [-0.05, 0) is 60.8 Å². The molecule has 1 atom stereocenters. The third-order valence-corrected chi connectivity index (χ3v) is 3.96. The molecule has 1 aliphatic rings. The van der Waals surface area contributed by atoms with E-state index in [4.69, 9.17) is 16.0 Å². The largest absolute Gasteiger partial charge is 0.448 e. The number of aryl methyl sites for hydroxylation is 1. The molecule has 0 radical (unpaired) electrons. The van der Waals surface area contributed by atoms with Gasteiger partial charge in [0.1, 0.15) is 5.76 Å². The first-order valence-corrected chi connectivity index (χ1v) is 7.40. The van der Waals surface area contributed by atoms with Crippen molar-refractivity contribution < 1.29 is 9.21 Å². The van der Waals surface area contributed by atoms with E-state index in [1.54, 1.807) is 6.07 Å². The quantitative estimate of drug-likeness (QED) is 0.912. The molecule has 0 fully saturated rings. The van der Waals surface area contributed by atoms with Crippen LogP contribution in [-0.2, 0) is 11.2 Å². The maximum Gasteiger partial charge on any atom is 0.224 e. The molecule has 1 unspecified atom stereocenters. The average molecular weight is 305 g/mol. The van der Waals surface area contributed by atoms with Gasteiger partial charge in [-0.1, -0.05) is 12.1 Å². The molecule has 5 heteroatoms. The van der Waals surface area contributed by atoms with Gasteiger partial charge in [-0.3, -0.25) is 4.79 Å². The summed E-state index contributed by atoms with van der Waals surface area (Å²) in [5, 5.41) is 6.57. The normalized spacial score (nSPS) is 16.0. The van der Waals surface area contributed by atoms with E-state index in [0.29, 0.717) is 11.6 Å². The Labute approximate surface area is 128 Å². The van der Waals surface area contributed by atoms with E-state index in [1.165, 1.54) is 0 Å². The number of nitrogens with one attached hydrogen (secondary N) is 2. The Balaban J connectivity index is 1.95. The second kappa shape index (κ2) is 5.92. The summed E-state index contributed by atoms with van der Waals surface area (Å²) < 4.78 is 5.51. The number of carbonyl (C=O) groups is 1. The molecule has 0 aliphatic carbocycles. The van der Waals surface area contributed by atoms with Crippen molar-refractivity contribution in [2.45, 2.75) is 25.3 Å². The Kier molecular flexibility index (Phi) is 3.99. The van der Waals surface area contributed by atoms with Crippen LogP contribution in [0.2, 0.25) is 5.22 Å². The zero-order valence-electron chi connectivity index (χ0n) is 11.8. The molecule has 2 N–H and O–H groups in total. The van der Waals surface area contributed by atoms with Crippen molar-refractivity contribution in [1.29, 1.82) is 0 Å². The number of amides is 1. The van der Waals surface area contributed by atoms with Crippen LogP contribution in [-0.4, -0.2) is 13.0 Å². The van der Waals surface area contributed by atoms with E-state index < -0.39 is 0 Å². The van der Waals surface area contributed by atoms with Crippen molar-refractivity contribution in [2.24, 2.45) is 0 Å². The molecular weight excluding hydrogens is 288 g/mol. The van der Waals surface area contributed by atoms with E-state index in [1.807, 2.05) is 25.2 Å². The molecule has 1 aromatic heterocycles. The zero-order valence-corrected chi connectivity index (χ0v) is 12.5. The van der Waals surface area contributed by atoms with Crippen LogP contribution in [0, 0.1) is 0 Å². The number of hydrogen-bond acceptors (Lipinski definition) is 3. The number of rotatable bonds is 3. The fraction of sp³-hybridized carbons (Fsp3) is 0.312. The van der Waals surface area contributed by atoms with Crippen molar-refractivity contribution in [1.82, 2.24) is 5.32 Å². The van der Waals surface area contributed by atoms with E-state index >= 15 is 0 Å². The smallest absolute Gasteiger partial charge is 0.224 e. The first-order chi connectivity index (χ1) is 10.2. The van der Waals surface area contributed by atoms with Gasteiger partial charge in [0.25, 0.3) is 0 Å². The Bertz CT molecular complexity index is 666. The molecule has 1 aliphatic heterocycles. The minimum absolute atomic E-state index is 0.0539. The van der Waals surface area contributed by atoms with Gasteiger partial charge in [0.2, 0.25) is 5.91 Å². The van der Waals surface area contributed by atoms with Crippen LogP contribution in [0.4, 0.5) is 5.69 Å². The molecule has 110 valence electrons. The molecule has 1 amide bonds. The maximum atomic E-state index is 11.6. The van der Waals surface area contributed by atoms with Gasteiger partial charge in [0, 0.05) is 12.1 Å². The Morgan fingerprint density at radius 1 is 1.29 bits per heavy atom. The molecule has 0 saturated carbocycles. The topological polar surface area (TPSA) is 54.3 Å². The summed E-state index contributed by atoms with van der Waals surface area (Å²) in [5.41, 5.74) is 3.17. The predicted octanol–water partition coefficient (Wildman–Crippen LogP) is 3.52. The molecule has 21 heavy (non-hydrogen) atoms. The number of hydrogen-bond donors (Lipinski definition) is 2. The summed E-state index contributed by atoms with van der Waals surface area (Å²) in [5.74, 6) is 0.865. The van der Waals surface area contributed by atoms with Gasteiger partial charge in [-0.25, -0.2) is 0 Å². The fourth-order valence-corrected chi connectivity index (χ4v) is 2.88. The Hall–Kier alpha value is -1.78. The number of benzene rings is 1. The molecule has 2 heterocycles. The van der Waals surface area contributed by atoms with Crippen LogP contribution < -0.4 is 10.6 Å². The van der Waals surface area contributed by atoms with Crippen molar-refractivity contribution in [2.75, 3.05) is 12.4 Å². The van der Waals surface area contributed by atoms with Crippen LogP contribution >= 0.6 is 11.6 Å². The second-order valence-electron chi connectivity index (χ2n) is 5.18. The van der Waals surface area contributed by atoms with Gasteiger partial charge in [-0.15, -0.1) is 0 Å². The van der Waals surface area contributed by atoms with E-state index in [2.05, 4.69) is 16.7 Å². The number of carbonyl (C=O) groups excluding carboxylic acids is 1. The standard InChI is InChI=1S/C16H17ClN2O2/c1-18-16(13-7-8-14(17)21-13)11-5-6-12-10(9-11)3-2-4-15(20)19-12/h5-9,16,18H,2-4H2,1H3,(H,19,20). The van der Waals surface area contributed by atoms with Crippen molar-refractivity contribution >= 4 is 23.2 Å². The second-order valence-corrected chi connectivity index (χ2v) is 5.55. The zero-order chi connectivity index (χ0) is 14.8. The highest BCUT2D eigenvalue weighted by atomic mass is 35.5. The number of halogens is 1. The molecule has 0 saturated heterocycles. The van der Waals surface area contributed by atoms with Crippen LogP contribution in [0.3, 0.4) is 0 Å². The predicted molar refractivity (Wildman–Crippen MR) is 82.6 cm³/mol. The van der Waals surface area contributed by atoms with Gasteiger partial charge in [0.15, 0.2) is 5.22 Å². The summed E-state index contributed by atoms with van der Waals surface area (Å²) in [6, 6.07) is 9.65.